The lowest BCUT2D eigenvalue weighted by Crippen LogP contribution is -2.53. The molecule has 1 saturated heterocycles. The Morgan fingerprint density at radius 3 is 2.54 bits per heavy atom. The standard InChI is InChI=1S/C22H26N2O2/c25-21(23-15-11-18-6-2-1-3-7-18)24-16-13-22(14-17-24)12-10-19-8-4-5-9-20(19)26-22/h1-9H,10-17H2,(H,23,25). The van der Waals surface area contributed by atoms with E-state index in [2.05, 4.69) is 35.6 Å². The molecule has 26 heavy (non-hydrogen) atoms. The first-order valence-electron chi connectivity index (χ1n) is 9.58. The van der Waals surface area contributed by atoms with Gasteiger partial charge >= 0.3 is 6.03 Å². The van der Waals surface area contributed by atoms with E-state index in [9.17, 15) is 4.79 Å². The highest BCUT2D eigenvalue weighted by molar-refractivity contribution is 5.74. The van der Waals surface area contributed by atoms with Crippen LogP contribution in [0.3, 0.4) is 0 Å². The van der Waals surface area contributed by atoms with E-state index >= 15 is 0 Å². The molecular weight excluding hydrogens is 324 g/mol. The van der Waals surface area contributed by atoms with E-state index in [1.807, 2.05) is 29.2 Å². The van der Waals surface area contributed by atoms with Crippen LogP contribution in [0.4, 0.5) is 4.79 Å². The summed E-state index contributed by atoms with van der Waals surface area (Å²) in [5.41, 5.74) is 2.47. The van der Waals surface area contributed by atoms with Gasteiger partial charge in [0, 0.05) is 32.5 Å². The van der Waals surface area contributed by atoms with E-state index in [1.165, 1.54) is 11.1 Å². The van der Waals surface area contributed by atoms with E-state index in [0.29, 0.717) is 6.54 Å². The molecule has 2 amide bonds. The van der Waals surface area contributed by atoms with Crippen LogP contribution in [0.25, 0.3) is 0 Å². The maximum absolute atomic E-state index is 12.4. The van der Waals surface area contributed by atoms with Gasteiger partial charge < -0.3 is 15.0 Å². The summed E-state index contributed by atoms with van der Waals surface area (Å²) in [6.07, 6.45) is 4.80. The second-order valence-electron chi connectivity index (χ2n) is 7.35. The number of para-hydroxylation sites is 1. The zero-order chi connectivity index (χ0) is 17.8. The summed E-state index contributed by atoms with van der Waals surface area (Å²) in [5.74, 6) is 1.03. The molecule has 2 aliphatic rings. The third-order valence-electron chi connectivity index (χ3n) is 5.64. The van der Waals surface area contributed by atoms with Crippen LogP contribution in [0.1, 0.15) is 30.4 Å². The Kier molecular flexibility index (Phi) is 4.83. The highest BCUT2D eigenvalue weighted by atomic mass is 16.5. The predicted octanol–water partition coefficient (Wildman–Crippen LogP) is 3.80. The van der Waals surface area contributed by atoms with E-state index in [4.69, 9.17) is 4.74 Å². The van der Waals surface area contributed by atoms with Crippen LogP contribution in [0.15, 0.2) is 54.6 Å². The molecule has 1 N–H and O–H groups in total. The van der Waals surface area contributed by atoms with Crippen molar-refractivity contribution in [3.63, 3.8) is 0 Å². The number of fused-ring (bicyclic) bond motifs is 1. The lowest BCUT2D eigenvalue weighted by atomic mass is 9.83. The molecule has 136 valence electrons. The van der Waals surface area contributed by atoms with Crippen LogP contribution in [0.5, 0.6) is 5.75 Å². The van der Waals surface area contributed by atoms with E-state index in [-0.39, 0.29) is 11.6 Å². The normalized spacial score (nSPS) is 18.1. The van der Waals surface area contributed by atoms with Gasteiger partial charge in [-0.1, -0.05) is 48.5 Å². The van der Waals surface area contributed by atoms with Gasteiger partial charge in [-0.15, -0.1) is 0 Å². The maximum atomic E-state index is 12.4. The zero-order valence-corrected chi connectivity index (χ0v) is 15.1. The van der Waals surface area contributed by atoms with Crippen LogP contribution < -0.4 is 10.1 Å². The molecule has 0 aliphatic carbocycles. The molecule has 0 aromatic heterocycles. The average Bonchev–Trinajstić information content (AvgIpc) is 2.69. The van der Waals surface area contributed by atoms with Crippen molar-refractivity contribution in [2.24, 2.45) is 0 Å². The lowest BCUT2D eigenvalue weighted by molar-refractivity contribution is -0.00547. The highest BCUT2D eigenvalue weighted by Gasteiger charge is 2.40. The average molecular weight is 350 g/mol. The van der Waals surface area contributed by atoms with Crippen molar-refractivity contribution in [2.45, 2.75) is 37.7 Å². The van der Waals surface area contributed by atoms with Crippen molar-refractivity contribution in [3.05, 3.63) is 65.7 Å². The summed E-state index contributed by atoms with van der Waals surface area (Å²) in [6, 6.07) is 18.6. The van der Waals surface area contributed by atoms with Crippen LogP contribution >= 0.6 is 0 Å². The maximum Gasteiger partial charge on any atom is 0.317 e. The minimum atomic E-state index is -0.0881. The van der Waals surface area contributed by atoms with E-state index in [0.717, 1.165) is 50.9 Å². The van der Waals surface area contributed by atoms with E-state index < -0.39 is 0 Å². The largest absolute Gasteiger partial charge is 0.487 e. The number of hydrogen-bond acceptors (Lipinski definition) is 2. The molecule has 2 aromatic rings. The first kappa shape index (κ1) is 17.0. The summed E-state index contributed by atoms with van der Waals surface area (Å²) < 4.78 is 6.37. The summed E-state index contributed by atoms with van der Waals surface area (Å²) in [7, 11) is 0. The lowest BCUT2D eigenvalue weighted by Gasteiger charge is -2.44. The number of ether oxygens (including phenoxy) is 1. The second-order valence-corrected chi connectivity index (χ2v) is 7.35. The Balaban J connectivity index is 1.26. The van der Waals surface area contributed by atoms with Crippen LogP contribution in [-0.2, 0) is 12.8 Å². The van der Waals surface area contributed by atoms with Crippen LogP contribution in [-0.4, -0.2) is 36.2 Å². The zero-order valence-electron chi connectivity index (χ0n) is 15.1. The molecule has 0 saturated carbocycles. The van der Waals surface area contributed by atoms with Crippen molar-refractivity contribution in [1.82, 2.24) is 10.2 Å². The number of piperidine rings is 1. The Labute approximate surface area is 155 Å². The molecule has 4 nitrogen and oxygen atoms in total. The first-order chi connectivity index (χ1) is 12.7. The second kappa shape index (κ2) is 7.40. The van der Waals surface area contributed by atoms with Gasteiger partial charge in [0.25, 0.3) is 0 Å². The minimum absolute atomic E-state index is 0.0481. The fraction of sp³-hybridized carbons (Fsp3) is 0.409. The van der Waals surface area contributed by atoms with Crippen molar-refractivity contribution >= 4 is 6.03 Å². The Morgan fingerprint density at radius 1 is 1.00 bits per heavy atom. The van der Waals surface area contributed by atoms with Crippen molar-refractivity contribution in [3.8, 4) is 5.75 Å². The molecular formula is C22H26N2O2. The number of benzene rings is 2. The van der Waals surface area contributed by atoms with Gasteiger partial charge in [-0.2, -0.15) is 0 Å². The number of carbonyl (C=O) groups is 1. The summed E-state index contributed by atoms with van der Waals surface area (Å²) in [4.78, 5) is 14.4. The van der Waals surface area contributed by atoms with E-state index in [1.54, 1.807) is 0 Å². The number of nitrogens with zero attached hydrogens (tertiary/aromatic N) is 1. The monoisotopic (exact) mass is 350 g/mol. The molecule has 4 heteroatoms. The Hall–Kier alpha value is -2.49. The first-order valence-corrected chi connectivity index (χ1v) is 9.58. The van der Waals surface area contributed by atoms with Gasteiger partial charge in [-0.3, -0.25) is 0 Å². The van der Waals surface area contributed by atoms with Gasteiger partial charge in [0.2, 0.25) is 0 Å². The van der Waals surface area contributed by atoms with Gasteiger partial charge in [0.05, 0.1) is 0 Å². The number of urea groups is 1. The number of hydrogen-bond donors (Lipinski definition) is 1. The number of amides is 2. The number of nitrogens with one attached hydrogen (secondary N) is 1. The summed E-state index contributed by atoms with van der Waals surface area (Å²) in [5, 5.41) is 3.05. The van der Waals surface area contributed by atoms with Gasteiger partial charge in [-0.25, -0.2) is 4.79 Å². The molecule has 0 bridgehead atoms. The number of rotatable bonds is 3. The van der Waals surface area contributed by atoms with Crippen molar-refractivity contribution in [2.75, 3.05) is 19.6 Å². The van der Waals surface area contributed by atoms with Crippen LogP contribution in [0, 0.1) is 0 Å². The molecule has 4 rings (SSSR count). The quantitative estimate of drug-likeness (QED) is 0.915. The Bertz CT molecular complexity index is 752. The van der Waals surface area contributed by atoms with Gasteiger partial charge in [-0.05, 0) is 36.5 Å². The summed E-state index contributed by atoms with van der Waals surface area (Å²) in [6.45, 7) is 2.20. The van der Waals surface area contributed by atoms with Gasteiger partial charge in [0.15, 0.2) is 0 Å². The molecule has 2 heterocycles. The highest BCUT2D eigenvalue weighted by Crippen LogP contribution is 2.39. The fourth-order valence-electron chi connectivity index (χ4n) is 4.00. The minimum Gasteiger partial charge on any atom is -0.487 e. The molecule has 0 atom stereocenters. The predicted molar refractivity (Wildman–Crippen MR) is 102 cm³/mol. The number of aryl methyl sites for hydroxylation is 1. The van der Waals surface area contributed by atoms with Gasteiger partial charge in [0.1, 0.15) is 11.4 Å². The summed E-state index contributed by atoms with van der Waals surface area (Å²) >= 11 is 0. The smallest absolute Gasteiger partial charge is 0.317 e. The van der Waals surface area contributed by atoms with Crippen molar-refractivity contribution in [1.29, 1.82) is 0 Å². The van der Waals surface area contributed by atoms with Crippen molar-refractivity contribution < 1.29 is 9.53 Å². The number of likely N-dealkylation sites (tertiary alicyclic amines) is 1. The van der Waals surface area contributed by atoms with Crippen LogP contribution in [0.2, 0.25) is 0 Å². The molecule has 1 fully saturated rings. The fourth-order valence-corrected chi connectivity index (χ4v) is 4.00. The molecule has 2 aromatic carbocycles. The topological polar surface area (TPSA) is 41.6 Å². The third kappa shape index (κ3) is 3.69. The molecule has 0 radical (unpaired) electrons. The molecule has 2 aliphatic heterocycles. The molecule has 0 unspecified atom stereocenters. The Morgan fingerprint density at radius 2 is 1.73 bits per heavy atom. The molecule has 1 spiro atoms. The third-order valence-corrected chi connectivity index (χ3v) is 5.64. The SMILES string of the molecule is O=C(NCCc1ccccc1)N1CCC2(CCc3ccccc3O2)CC1. The number of carbonyl (C=O) groups excluding carboxylic acids is 1.